The molecule has 0 amide bonds. The Morgan fingerprint density at radius 1 is 0.929 bits per heavy atom. The van der Waals surface area contributed by atoms with Crippen LogP contribution >= 0.6 is 0 Å². The molecular weight excluding hydrogens is 376 g/mol. The van der Waals surface area contributed by atoms with Crippen LogP contribution in [0.4, 0.5) is 11.4 Å². The second kappa shape index (κ2) is 7.44. The Balaban J connectivity index is 1.46. The third-order valence-corrected chi connectivity index (χ3v) is 5.86. The van der Waals surface area contributed by atoms with E-state index in [9.17, 15) is 8.42 Å². The molecule has 1 aliphatic heterocycles. The lowest BCUT2D eigenvalue weighted by Gasteiger charge is -2.20. The van der Waals surface area contributed by atoms with E-state index in [4.69, 9.17) is 9.47 Å². The number of nitrogens with zero attached hydrogens (tertiary/aromatic N) is 1. The molecule has 0 atom stereocenters. The van der Waals surface area contributed by atoms with Crippen molar-refractivity contribution in [3.8, 4) is 11.5 Å². The molecule has 0 bridgehead atoms. The van der Waals surface area contributed by atoms with Crippen molar-refractivity contribution < 1.29 is 17.9 Å². The first-order valence-electron chi connectivity index (χ1n) is 8.79. The van der Waals surface area contributed by atoms with Crippen molar-refractivity contribution in [2.75, 3.05) is 23.5 Å². The molecule has 3 aromatic rings. The van der Waals surface area contributed by atoms with Crippen LogP contribution in [0.15, 0.2) is 77.7 Å². The lowest BCUT2D eigenvalue weighted by Crippen LogP contribution is -2.16. The standard InChI is InChI=1S/C21H20N2O4S/c1-23(14-16-5-3-2-4-6-16)18-9-7-17(8-10-18)22-28(24,25)19-11-12-20-21(13-19)27-15-26-20/h2-13,22H,14-15H2,1H3. The summed E-state index contributed by atoms with van der Waals surface area (Å²) in [5.41, 5.74) is 2.70. The number of fused-ring (bicyclic) bond motifs is 1. The number of hydrogen-bond acceptors (Lipinski definition) is 5. The van der Waals surface area contributed by atoms with E-state index in [0.29, 0.717) is 17.2 Å². The van der Waals surface area contributed by atoms with Crippen LogP contribution in [0.5, 0.6) is 11.5 Å². The van der Waals surface area contributed by atoms with Gasteiger partial charge in [-0.2, -0.15) is 0 Å². The molecule has 1 heterocycles. The fourth-order valence-electron chi connectivity index (χ4n) is 2.99. The maximum absolute atomic E-state index is 12.6. The Bertz CT molecular complexity index is 1070. The van der Waals surface area contributed by atoms with Crippen LogP contribution in [0.1, 0.15) is 5.56 Å². The van der Waals surface area contributed by atoms with Crippen molar-refractivity contribution >= 4 is 21.4 Å². The zero-order valence-corrected chi connectivity index (χ0v) is 16.1. The highest BCUT2D eigenvalue weighted by Crippen LogP contribution is 2.34. The van der Waals surface area contributed by atoms with Gasteiger partial charge < -0.3 is 14.4 Å². The Labute approximate surface area is 164 Å². The molecule has 0 radical (unpaired) electrons. The fraction of sp³-hybridized carbons (Fsp3) is 0.143. The molecule has 0 fully saturated rings. The fourth-order valence-corrected chi connectivity index (χ4v) is 4.06. The van der Waals surface area contributed by atoms with E-state index >= 15 is 0 Å². The molecule has 3 aromatic carbocycles. The maximum atomic E-state index is 12.6. The van der Waals surface area contributed by atoms with Gasteiger partial charge in [0.2, 0.25) is 6.79 Å². The minimum absolute atomic E-state index is 0.101. The van der Waals surface area contributed by atoms with E-state index in [0.717, 1.165) is 12.2 Å². The van der Waals surface area contributed by atoms with E-state index in [-0.39, 0.29) is 11.7 Å². The lowest BCUT2D eigenvalue weighted by atomic mass is 10.2. The Morgan fingerprint density at radius 3 is 2.39 bits per heavy atom. The largest absolute Gasteiger partial charge is 0.454 e. The van der Waals surface area contributed by atoms with Gasteiger partial charge in [-0.25, -0.2) is 8.42 Å². The smallest absolute Gasteiger partial charge is 0.262 e. The number of anilines is 2. The first-order valence-corrected chi connectivity index (χ1v) is 10.3. The van der Waals surface area contributed by atoms with E-state index < -0.39 is 10.0 Å². The summed E-state index contributed by atoms with van der Waals surface area (Å²) in [6, 6.07) is 22.0. The molecule has 0 saturated heterocycles. The molecule has 1 aliphatic rings. The minimum Gasteiger partial charge on any atom is -0.454 e. The molecule has 28 heavy (non-hydrogen) atoms. The summed E-state index contributed by atoms with van der Waals surface area (Å²) in [5.74, 6) is 0.977. The number of ether oxygens (including phenoxy) is 2. The third kappa shape index (κ3) is 3.89. The predicted molar refractivity (Wildman–Crippen MR) is 108 cm³/mol. The second-order valence-corrected chi connectivity index (χ2v) is 8.19. The molecule has 0 aromatic heterocycles. The lowest BCUT2D eigenvalue weighted by molar-refractivity contribution is 0.174. The molecule has 0 unspecified atom stereocenters. The SMILES string of the molecule is CN(Cc1ccccc1)c1ccc(NS(=O)(=O)c2ccc3c(c2)OCO3)cc1. The zero-order chi connectivity index (χ0) is 19.6. The predicted octanol–water partition coefficient (Wildman–Crippen LogP) is 3.85. The van der Waals surface area contributed by atoms with Gasteiger partial charge in [0.1, 0.15) is 0 Å². The van der Waals surface area contributed by atoms with Gasteiger partial charge in [-0.15, -0.1) is 0 Å². The monoisotopic (exact) mass is 396 g/mol. The molecule has 4 rings (SSSR count). The van der Waals surface area contributed by atoms with Gasteiger partial charge in [-0.05, 0) is 42.0 Å². The van der Waals surface area contributed by atoms with Gasteiger partial charge in [0.15, 0.2) is 11.5 Å². The number of sulfonamides is 1. The first-order chi connectivity index (χ1) is 13.5. The van der Waals surface area contributed by atoms with Gasteiger partial charge in [-0.3, -0.25) is 4.72 Å². The number of hydrogen-bond donors (Lipinski definition) is 1. The molecule has 144 valence electrons. The normalized spacial score (nSPS) is 12.6. The minimum atomic E-state index is -3.72. The summed E-state index contributed by atoms with van der Waals surface area (Å²) >= 11 is 0. The summed E-state index contributed by atoms with van der Waals surface area (Å²) in [7, 11) is -1.72. The molecule has 0 aliphatic carbocycles. The summed E-state index contributed by atoms with van der Waals surface area (Å²) in [6.07, 6.45) is 0. The van der Waals surface area contributed by atoms with Crippen LogP contribution in [0.3, 0.4) is 0 Å². The van der Waals surface area contributed by atoms with Crippen LogP contribution in [0, 0.1) is 0 Å². The Morgan fingerprint density at radius 2 is 1.64 bits per heavy atom. The third-order valence-electron chi connectivity index (χ3n) is 4.48. The molecule has 1 N–H and O–H groups in total. The van der Waals surface area contributed by atoms with E-state index in [1.54, 1.807) is 18.2 Å². The van der Waals surface area contributed by atoms with Crippen LogP contribution in [-0.2, 0) is 16.6 Å². The van der Waals surface area contributed by atoms with Crippen molar-refractivity contribution in [2.45, 2.75) is 11.4 Å². The van der Waals surface area contributed by atoms with Crippen LogP contribution in [0.2, 0.25) is 0 Å². The van der Waals surface area contributed by atoms with Gasteiger partial charge >= 0.3 is 0 Å². The van der Waals surface area contributed by atoms with Gasteiger partial charge in [-0.1, -0.05) is 30.3 Å². The van der Waals surface area contributed by atoms with Crippen molar-refractivity contribution in [3.63, 3.8) is 0 Å². The average Bonchev–Trinajstić information content (AvgIpc) is 3.17. The molecule has 6 nitrogen and oxygen atoms in total. The number of benzene rings is 3. The van der Waals surface area contributed by atoms with Crippen molar-refractivity contribution in [2.24, 2.45) is 0 Å². The van der Waals surface area contributed by atoms with Gasteiger partial charge in [0.25, 0.3) is 10.0 Å². The van der Waals surface area contributed by atoms with Crippen molar-refractivity contribution in [3.05, 3.63) is 78.4 Å². The summed E-state index contributed by atoms with van der Waals surface area (Å²) in [4.78, 5) is 2.23. The van der Waals surface area contributed by atoms with E-state index in [1.165, 1.54) is 17.7 Å². The molecule has 0 spiro atoms. The number of rotatable bonds is 6. The molecule has 0 saturated carbocycles. The summed E-state index contributed by atoms with van der Waals surface area (Å²) < 4.78 is 38.4. The highest BCUT2D eigenvalue weighted by molar-refractivity contribution is 7.92. The van der Waals surface area contributed by atoms with Crippen LogP contribution < -0.4 is 19.1 Å². The topological polar surface area (TPSA) is 67.9 Å². The Kier molecular flexibility index (Phi) is 4.83. The highest BCUT2D eigenvalue weighted by atomic mass is 32.2. The van der Waals surface area contributed by atoms with Crippen LogP contribution in [0.25, 0.3) is 0 Å². The average molecular weight is 396 g/mol. The van der Waals surface area contributed by atoms with E-state index in [1.807, 2.05) is 37.4 Å². The zero-order valence-electron chi connectivity index (χ0n) is 15.3. The second-order valence-electron chi connectivity index (χ2n) is 6.51. The first kappa shape index (κ1) is 18.2. The van der Waals surface area contributed by atoms with Gasteiger partial charge in [0.05, 0.1) is 4.90 Å². The highest BCUT2D eigenvalue weighted by Gasteiger charge is 2.20. The molecular formula is C21H20N2O4S. The van der Waals surface area contributed by atoms with Crippen molar-refractivity contribution in [1.29, 1.82) is 0 Å². The van der Waals surface area contributed by atoms with Crippen LogP contribution in [-0.4, -0.2) is 22.3 Å². The maximum Gasteiger partial charge on any atom is 0.262 e. The van der Waals surface area contributed by atoms with Crippen molar-refractivity contribution in [1.82, 2.24) is 0 Å². The number of nitrogens with one attached hydrogen (secondary N) is 1. The Hall–Kier alpha value is -3.19. The quantitative estimate of drug-likeness (QED) is 0.685. The summed E-state index contributed by atoms with van der Waals surface area (Å²) in [5, 5.41) is 0. The summed E-state index contributed by atoms with van der Waals surface area (Å²) in [6.45, 7) is 0.868. The van der Waals surface area contributed by atoms with E-state index in [2.05, 4.69) is 21.8 Å². The molecule has 7 heteroatoms. The van der Waals surface area contributed by atoms with Gasteiger partial charge in [0, 0.05) is 31.0 Å².